The van der Waals surface area contributed by atoms with Crippen LogP contribution in [0.2, 0.25) is 0 Å². The van der Waals surface area contributed by atoms with E-state index >= 15 is 0 Å². The molecule has 0 aliphatic carbocycles. The van der Waals surface area contributed by atoms with Gasteiger partial charge in [-0.15, -0.1) is 0 Å². The maximum absolute atomic E-state index is 14.8. The number of hydrogen-bond acceptors (Lipinski definition) is 32. The topological polar surface area (TPSA) is 527 Å². The van der Waals surface area contributed by atoms with E-state index in [1.165, 1.54) is 0 Å². The van der Waals surface area contributed by atoms with Gasteiger partial charge in [0.1, 0.15) is 132 Å². The van der Waals surface area contributed by atoms with E-state index in [0.29, 0.717) is 0 Å². The number of ether oxygens (including phenoxy) is 10. The van der Waals surface area contributed by atoms with E-state index in [9.17, 15) is 107 Å². The first-order valence-electron chi connectivity index (χ1n) is 23.7. The molecule has 0 radical (unpaired) electrons. The van der Waals surface area contributed by atoms with Crippen LogP contribution in [0.5, 0.6) is 28.7 Å². The summed E-state index contributed by atoms with van der Waals surface area (Å²) in [5.41, 5.74) is -2.19. The average Bonchev–Trinajstić information content (AvgIpc) is 3.41. The second kappa shape index (κ2) is 24.2. The van der Waals surface area contributed by atoms with Crippen LogP contribution in [0.25, 0.3) is 22.3 Å². The molecular formula is C45H60O32. The zero-order chi connectivity index (χ0) is 56.1. The van der Waals surface area contributed by atoms with E-state index in [4.69, 9.17) is 51.8 Å². The van der Waals surface area contributed by atoms with E-state index in [1.807, 2.05) is 0 Å². The molecule has 5 aliphatic heterocycles. The Kier molecular flexibility index (Phi) is 18.5. The number of hydrogen-bond donors (Lipinski definition) is 20. The quantitative estimate of drug-likeness (QED) is 0.0592. The minimum absolute atomic E-state index is 0.286. The molecule has 0 spiro atoms. The maximum atomic E-state index is 14.8. The molecular weight excluding hydrogens is 1050 g/mol. The second-order valence-electron chi connectivity index (χ2n) is 18.7. The first-order chi connectivity index (χ1) is 36.6. The third-order valence-electron chi connectivity index (χ3n) is 13.7. The fourth-order valence-corrected chi connectivity index (χ4v) is 9.26. The van der Waals surface area contributed by atoms with Crippen molar-refractivity contribution >= 4 is 11.0 Å². The number of phenols is 3. The van der Waals surface area contributed by atoms with Gasteiger partial charge < -0.3 is 154 Å². The third kappa shape index (κ3) is 11.4. The van der Waals surface area contributed by atoms with Gasteiger partial charge in [-0.3, -0.25) is 4.79 Å². The molecule has 77 heavy (non-hydrogen) atoms. The Labute approximate surface area is 431 Å². The van der Waals surface area contributed by atoms with E-state index in [0.717, 1.165) is 30.3 Å². The maximum Gasteiger partial charge on any atom is 0.239 e. The van der Waals surface area contributed by atoms with Gasteiger partial charge in [0, 0.05) is 17.7 Å². The van der Waals surface area contributed by atoms with Gasteiger partial charge >= 0.3 is 0 Å². The molecule has 432 valence electrons. The van der Waals surface area contributed by atoms with Crippen LogP contribution < -0.4 is 14.9 Å². The molecule has 0 bridgehead atoms. The van der Waals surface area contributed by atoms with Gasteiger partial charge in [-0.1, -0.05) is 0 Å². The summed E-state index contributed by atoms with van der Waals surface area (Å²) in [5.74, 6) is -4.62. The van der Waals surface area contributed by atoms with Crippen molar-refractivity contribution in [1.82, 2.24) is 0 Å². The van der Waals surface area contributed by atoms with Crippen LogP contribution >= 0.6 is 0 Å². The largest absolute Gasteiger partial charge is 0.507 e. The number of aromatic hydroxyl groups is 3. The minimum atomic E-state index is -2.25. The molecule has 0 saturated carbocycles. The van der Waals surface area contributed by atoms with Crippen molar-refractivity contribution in [2.45, 2.75) is 154 Å². The summed E-state index contributed by atoms with van der Waals surface area (Å²) in [6, 6.07) is 4.64. The fraction of sp³-hybridized carbons (Fsp3) is 0.667. The highest BCUT2D eigenvalue weighted by molar-refractivity contribution is 5.88. The molecule has 8 rings (SSSR count). The van der Waals surface area contributed by atoms with Crippen molar-refractivity contribution in [2.24, 2.45) is 0 Å². The van der Waals surface area contributed by atoms with Gasteiger partial charge in [-0.2, -0.15) is 0 Å². The summed E-state index contributed by atoms with van der Waals surface area (Å²) in [7, 11) is 0. The number of benzene rings is 2. The van der Waals surface area contributed by atoms with Crippen LogP contribution in [0.3, 0.4) is 0 Å². The van der Waals surface area contributed by atoms with Crippen molar-refractivity contribution < 1.29 is 154 Å². The Morgan fingerprint density at radius 1 is 0.403 bits per heavy atom. The highest BCUT2D eigenvalue weighted by Gasteiger charge is 2.56. The standard InChI is InChI=1S/C45H60O32/c46-6-17-23(54)29(60)34(65)41(69-17)75-38-31(62)25(56)19(8-48)71-43(38)67-12-4-15(53)22-16(5-12)68-36(11-1-2-13(51)14(52)3-11)37(28(22)59)74-44-40(33(64)27(58)20(9-49)72-44)77-45-39(32(63)26(57)21(10-50)73-45)76-42-35(66)30(61)24(55)18(7-47)70-42/h1-5,17-21,23-27,29-35,38-58,60-66H,6-10H2/t17-,18-,19-,20-,21-,23-,24-,25-,26-,27-,29+,30+,31+,32+,33+,34-,35-,38-,39-,40-,41+,42+,43-,44+,45+/m1/s1. The molecule has 3 aromatic rings. The van der Waals surface area contributed by atoms with Gasteiger partial charge in [0.25, 0.3) is 0 Å². The predicted molar refractivity (Wildman–Crippen MR) is 240 cm³/mol. The summed E-state index contributed by atoms with van der Waals surface area (Å²) in [5, 5.41) is 211. The number of aliphatic hydroxyl groups excluding tert-OH is 17. The van der Waals surface area contributed by atoms with E-state index in [2.05, 4.69) is 0 Å². The van der Waals surface area contributed by atoms with Crippen LogP contribution in [0, 0.1) is 0 Å². The molecule has 5 aliphatic rings. The summed E-state index contributed by atoms with van der Waals surface area (Å²) in [6.45, 7) is -4.80. The predicted octanol–water partition coefficient (Wildman–Crippen LogP) is -9.59. The van der Waals surface area contributed by atoms with Gasteiger partial charge in [-0.05, 0) is 18.2 Å². The van der Waals surface area contributed by atoms with Crippen LogP contribution in [-0.4, -0.2) is 289 Å². The van der Waals surface area contributed by atoms with Crippen molar-refractivity contribution in [3.05, 3.63) is 40.6 Å². The number of aliphatic hydroxyl groups is 17. The molecule has 0 amide bonds. The molecule has 5 saturated heterocycles. The first kappa shape index (κ1) is 58.8. The second-order valence-corrected chi connectivity index (χ2v) is 18.7. The van der Waals surface area contributed by atoms with Gasteiger partial charge in [0.15, 0.2) is 48.3 Å². The van der Waals surface area contributed by atoms with Gasteiger partial charge in [0.05, 0.1) is 33.0 Å². The smallest absolute Gasteiger partial charge is 0.239 e. The summed E-state index contributed by atoms with van der Waals surface area (Å²) < 4.78 is 63.4. The number of phenolic OH excluding ortho intramolecular Hbond substituents is 3. The Morgan fingerprint density at radius 2 is 0.792 bits per heavy atom. The van der Waals surface area contributed by atoms with Crippen molar-refractivity contribution in [1.29, 1.82) is 0 Å². The monoisotopic (exact) mass is 1110 g/mol. The zero-order valence-electron chi connectivity index (χ0n) is 39.7. The molecule has 32 nitrogen and oxygen atoms in total. The number of rotatable bonds is 16. The lowest BCUT2D eigenvalue weighted by molar-refractivity contribution is -0.389. The minimum Gasteiger partial charge on any atom is -0.507 e. The first-order valence-corrected chi connectivity index (χ1v) is 23.7. The van der Waals surface area contributed by atoms with Gasteiger partial charge in [-0.25, -0.2) is 0 Å². The lowest BCUT2D eigenvalue weighted by atomic mass is 9.96. The van der Waals surface area contributed by atoms with Crippen molar-refractivity contribution in [3.63, 3.8) is 0 Å². The third-order valence-corrected chi connectivity index (χ3v) is 13.7. The molecule has 0 unspecified atom stereocenters. The summed E-state index contributed by atoms with van der Waals surface area (Å²) in [6.07, 6.45) is -49.0. The van der Waals surface area contributed by atoms with Crippen LogP contribution in [0.1, 0.15) is 0 Å². The zero-order valence-corrected chi connectivity index (χ0v) is 39.7. The van der Waals surface area contributed by atoms with Crippen molar-refractivity contribution in [2.75, 3.05) is 33.0 Å². The average molecular weight is 1110 g/mol. The number of fused-ring (bicyclic) bond motifs is 1. The molecule has 25 atom stereocenters. The molecule has 2 aromatic carbocycles. The van der Waals surface area contributed by atoms with Crippen molar-refractivity contribution in [3.8, 4) is 40.1 Å². The molecule has 5 fully saturated rings. The van der Waals surface area contributed by atoms with Crippen LogP contribution in [0.4, 0.5) is 0 Å². The van der Waals surface area contributed by atoms with Gasteiger partial charge in [0.2, 0.25) is 23.8 Å². The Balaban J connectivity index is 1.17. The van der Waals surface area contributed by atoms with Crippen LogP contribution in [-0.2, 0) is 37.9 Å². The molecule has 1 aromatic heterocycles. The lowest BCUT2D eigenvalue weighted by Gasteiger charge is -2.48. The highest BCUT2D eigenvalue weighted by atomic mass is 16.8. The normalized spacial score (nSPS) is 41.8. The van der Waals surface area contributed by atoms with E-state index in [-0.39, 0.29) is 5.56 Å². The van der Waals surface area contributed by atoms with E-state index < -0.39 is 237 Å². The molecule has 32 heteroatoms. The SMILES string of the molecule is O=c1c(O[C@@H]2O[C@H](CO)[C@@H](O)[C@H](O)[C@H]2O[C@@H]2O[C@H](CO)[C@@H](O)[C@H](O)[C@H]2O[C@@H]2O[C@H](CO)[C@@H](O)[C@H](O)[C@H]2O)c(-c2ccc(O)c(O)c2)oc2cc(O[C@@H]3O[C@H](CO)[C@@H](O)[C@H](O)[C@H]3O[C@@H]3O[C@H](CO)[C@@H](O)[C@H](O)[C@H]3O)cc(O)c12. The summed E-state index contributed by atoms with van der Waals surface area (Å²) >= 11 is 0. The van der Waals surface area contributed by atoms with Crippen LogP contribution in [0.15, 0.2) is 39.5 Å². The fourth-order valence-electron chi connectivity index (χ4n) is 9.26. The lowest BCUT2D eigenvalue weighted by Crippen LogP contribution is -2.67. The molecule has 6 heterocycles. The van der Waals surface area contributed by atoms with E-state index in [1.54, 1.807) is 0 Å². The summed E-state index contributed by atoms with van der Waals surface area (Å²) in [4.78, 5) is 14.8. The Morgan fingerprint density at radius 3 is 1.23 bits per heavy atom. The molecule has 20 N–H and O–H groups in total. The highest BCUT2D eigenvalue weighted by Crippen LogP contribution is 2.42. The Hall–Kier alpha value is -4.35. The Bertz CT molecular complexity index is 2510.